The average Bonchev–Trinajstić information content (AvgIpc) is 2.76. The van der Waals surface area contributed by atoms with Crippen molar-refractivity contribution in [3.05, 3.63) is 28.3 Å². The average molecular weight is 254 g/mol. The van der Waals surface area contributed by atoms with Crippen LogP contribution in [0.2, 0.25) is 5.02 Å². The largest absolute Gasteiger partial charge is 0.368 e. The van der Waals surface area contributed by atoms with E-state index >= 15 is 0 Å². The third-order valence-corrected chi connectivity index (χ3v) is 3.20. The van der Waals surface area contributed by atoms with E-state index in [0.717, 1.165) is 24.0 Å². The van der Waals surface area contributed by atoms with Crippen LogP contribution in [0.15, 0.2) is 12.1 Å². The fourth-order valence-corrected chi connectivity index (χ4v) is 2.43. The highest BCUT2D eigenvalue weighted by Crippen LogP contribution is 2.28. The molecule has 1 aliphatic heterocycles. The molecule has 1 saturated heterocycles. The third kappa shape index (κ3) is 2.79. The van der Waals surface area contributed by atoms with E-state index < -0.39 is 0 Å². The number of aryl methyl sites for hydroxylation is 2. The van der Waals surface area contributed by atoms with Gasteiger partial charge in [-0.25, -0.2) is 0 Å². The molecular formula is C13H16ClNO2. The lowest BCUT2D eigenvalue weighted by molar-refractivity contribution is -0.124. The van der Waals surface area contributed by atoms with Gasteiger partial charge in [-0.2, -0.15) is 0 Å². The van der Waals surface area contributed by atoms with Crippen LogP contribution in [0.3, 0.4) is 0 Å². The van der Waals surface area contributed by atoms with Gasteiger partial charge in [-0.15, -0.1) is 0 Å². The second-order valence-corrected chi connectivity index (χ2v) is 4.84. The Morgan fingerprint density at radius 3 is 2.82 bits per heavy atom. The van der Waals surface area contributed by atoms with Crippen molar-refractivity contribution in [2.24, 2.45) is 0 Å². The molecule has 0 aromatic heterocycles. The smallest absolute Gasteiger partial charge is 0.253 e. The number of amides is 1. The molecule has 1 unspecified atom stereocenters. The summed E-state index contributed by atoms with van der Waals surface area (Å²) in [5.74, 6) is -0.101. The van der Waals surface area contributed by atoms with Crippen LogP contribution >= 0.6 is 11.6 Å². The molecule has 17 heavy (non-hydrogen) atoms. The maximum Gasteiger partial charge on any atom is 0.253 e. The van der Waals surface area contributed by atoms with Crippen molar-refractivity contribution in [2.75, 3.05) is 11.9 Å². The van der Waals surface area contributed by atoms with E-state index in [1.54, 1.807) is 0 Å². The Kier molecular flexibility index (Phi) is 3.69. The first-order valence-corrected chi connectivity index (χ1v) is 6.15. The predicted molar refractivity (Wildman–Crippen MR) is 68.5 cm³/mol. The standard InChI is InChI=1S/C13H16ClNO2/c1-8-6-9(2)12(10(14)7-8)15-13(16)11-4-3-5-17-11/h6-7,11H,3-5H2,1-2H3,(H,15,16). The lowest BCUT2D eigenvalue weighted by Gasteiger charge is -2.14. The number of benzene rings is 1. The first-order valence-electron chi connectivity index (χ1n) is 5.77. The monoisotopic (exact) mass is 253 g/mol. The van der Waals surface area contributed by atoms with Crippen molar-refractivity contribution in [3.63, 3.8) is 0 Å². The highest BCUT2D eigenvalue weighted by atomic mass is 35.5. The SMILES string of the molecule is Cc1cc(C)c(NC(=O)C2CCCO2)c(Cl)c1. The minimum Gasteiger partial charge on any atom is -0.368 e. The van der Waals surface area contributed by atoms with Gasteiger partial charge in [0, 0.05) is 6.61 Å². The van der Waals surface area contributed by atoms with Crippen molar-refractivity contribution in [2.45, 2.75) is 32.8 Å². The molecule has 1 amide bonds. The number of hydrogen-bond acceptors (Lipinski definition) is 2. The number of halogens is 1. The van der Waals surface area contributed by atoms with Crippen LogP contribution in [0.4, 0.5) is 5.69 Å². The summed E-state index contributed by atoms with van der Waals surface area (Å²) < 4.78 is 5.34. The summed E-state index contributed by atoms with van der Waals surface area (Å²) in [5, 5.41) is 3.43. The summed E-state index contributed by atoms with van der Waals surface area (Å²) in [7, 11) is 0. The maximum absolute atomic E-state index is 11.9. The molecule has 1 N–H and O–H groups in total. The van der Waals surface area contributed by atoms with Crippen LogP contribution in [0, 0.1) is 13.8 Å². The summed E-state index contributed by atoms with van der Waals surface area (Å²) in [5.41, 5.74) is 2.75. The van der Waals surface area contributed by atoms with Gasteiger partial charge in [0.1, 0.15) is 6.10 Å². The lowest BCUT2D eigenvalue weighted by atomic mass is 10.1. The molecule has 1 aliphatic rings. The third-order valence-electron chi connectivity index (χ3n) is 2.90. The summed E-state index contributed by atoms with van der Waals surface area (Å²) in [4.78, 5) is 11.9. The van der Waals surface area contributed by atoms with Crippen LogP contribution < -0.4 is 5.32 Å². The van der Waals surface area contributed by atoms with Crippen molar-refractivity contribution in [1.82, 2.24) is 0 Å². The highest BCUT2D eigenvalue weighted by Gasteiger charge is 2.24. The van der Waals surface area contributed by atoms with Crippen LogP contribution in [0.5, 0.6) is 0 Å². The van der Waals surface area contributed by atoms with Crippen molar-refractivity contribution in [3.8, 4) is 0 Å². The quantitative estimate of drug-likeness (QED) is 0.880. The molecule has 1 atom stereocenters. The van der Waals surface area contributed by atoms with Gasteiger partial charge in [0.15, 0.2) is 0 Å². The molecule has 1 aromatic rings. The minimum atomic E-state index is -0.327. The summed E-state index contributed by atoms with van der Waals surface area (Å²) in [6.07, 6.45) is 1.40. The minimum absolute atomic E-state index is 0.101. The van der Waals surface area contributed by atoms with Crippen molar-refractivity contribution >= 4 is 23.2 Å². The first-order chi connectivity index (χ1) is 8.08. The van der Waals surface area contributed by atoms with Gasteiger partial charge in [-0.05, 0) is 43.9 Å². The number of ether oxygens (including phenoxy) is 1. The summed E-state index contributed by atoms with van der Waals surface area (Å²) in [6, 6.07) is 3.84. The zero-order valence-corrected chi connectivity index (χ0v) is 10.8. The van der Waals surface area contributed by atoms with Gasteiger partial charge in [0.25, 0.3) is 5.91 Å². The number of carbonyl (C=O) groups excluding carboxylic acids is 1. The summed E-state index contributed by atoms with van der Waals surface area (Å²) in [6.45, 7) is 4.58. The van der Waals surface area contributed by atoms with Gasteiger partial charge in [0.2, 0.25) is 0 Å². The van der Waals surface area contributed by atoms with E-state index in [-0.39, 0.29) is 12.0 Å². The number of nitrogens with one attached hydrogen (secondary N) is 1. The number of carbonyl (C=O) groups is 1. The fraction of sp³-hybridized carbons (Fsp3) is 0.462. The van der Waals surface area contributed by atoms with Gasteiger partial charge in [-0.1, -0.05) is 17.7 Å². The van der Waals surface area contributed by atoms with Crippen LogP contribution in [-0.2, 0) is 9.53 Å². The second kappa shape index (κ2) is 5.07. The van der Waals surface area contributed by atoms with Crippen molar-refractivity contribution in [1.29, 1.82) is 0 Å². The van der Waals surface area contributed by atoms with Crippen LogP contribution in [-0.4, -0.2) is 18.6 Å². The van der Waals surface area contributed by atoms with Crippen LogP contribution in [0.25, 0.3) is 0 Å². The Morgan fingerprint density at radius 2 is 2.24 bits per heavy atom. The zero-order valence-electron chi connectivity index (χ0n) is 10.0. The molecule has 0 spiro atoms. The van der Waals surface area contributed by atoms with Crippen LogP contribution in [0.1, 0.15) is 24.0 Å². The van der Waals surface area contributed by atoms with E-state index in [1.165, 1.54) is 0 Å². The molecule has 0 saturated carbocycles. The van der Waals surface area contributed by atoms with E-state index in [0.29, 0.717) is 17.3 Å². The van der Waals surface area contributed by atoms with Gasteiger partial charge in [0.05, 0.1) is 10.7 Å². The number of rotatable bonds is 2. The molecule has 0 radical (unpaired) electrons. The first kappa shape index (κ1) is 12.4. The van der Waals surface area contributed by atoms with Crippen molar-refractivity contribution < 1.29 is 9.53 Å². The van der Waals surface area contributed by atoms with Gasteiger partial charge in [-0.3, -0.25) is 4.79 Å². The second-order valence-electron chi connectivity index (χ2n) is 4.43. The number of hydrogen-bond donors (Lipinski definition) is 1. The topological polar surface area (TPSA) is 38.3 Å². The normalized spacial score (nSPS) is 19.4. The van der Waals surface area contributed by atoms with E-state index in [2.05, 4.69) is 5.32 Å². The Morgan fingerprint density at radius 1 is 1.47 bits per heavy atom. The predicted octanol–water partition coefficient (Wildman–Crippen LogP) is 3.07. The Labute approximate surface area is 106 Å². The molecule has 1 aromatic carbocycles. The molecule has 1 heterocycles. The van der Waals surface area contributed by atoms with Gasteiger partial charge >= 0.3 is 0 Å². The molecule has 92 valence electrons. The molecule has 0 aliphatic carbocycles. The Hall–Kier alpha value is -1.06. The van der Waals surface area contributed by atoms with E-state index in [1.807, 2.05) is 26.0 Å². The molecule has 3 nitrogen and oxygen atoms in total. The highest BCUT2D eigenvalue weighted by molar-refractivity contribution is 6.34. The Bertz CT molecular complexity index is 416. The molecule has 0 bridgehead atoms. The van der Waals surface area contributed by atoms with E-state index in [9.17, 15) is 4.79 Å². The summed E-state index contributed by atoms with van der Waals surface area (Å²) >= 11 is 6.13. The Balaban J connectivity index is 2.15. The molecular weight excluding hydrogens is 238 g/mol. The fourth-order valence-electron chi connectivity index (χ4n) is 2.06. The van der Waals surface area contributed by atoms with Gasteiger partial charge < -0.3 is 10.1 Å². The number of anilines is 1. The zero-order chi connectivity index (χ0) is 12.4. The molecule has 1 fully saturated rings. The van der Waals surface area contributed by atoms with E-state index in [4.69, 9.17) is 16.3 Å². The molecule has 4 heteroatoms. The molecule has 2 rings (SSSR count). The lowest BCUT2D eigenvalue weighted by Crippen LogP contribution is -2.27. The maximum atomic E-state index is 11.9.